The maximum Gasteiger partial charge on any atom is 0.408 e. The molecule has 6 heteroatoms. The first-order valence-corrected chi connectivity index (χ1v) is 10.1. The molecule has 0 heterocycles. The number of nitrogens with one attached hydrogen (secondary N) is 2. The standard InChI is InChI=1S/C24H32N2O4/c1-23(2,3)30-22(28)25-20(17-29-16-18-12-8-6-9-13-18)21(27)26-24(4,5)19-14-10-7-11-15-19/h6-15,20H,16-17H2,1-5H3,(H,25,28)(H,26,27)/t20-/m0/s1. The molecule has 6 nitrogen and oxygen atoms in total. The fourth-order valence-corrected chi connectivity index (χ4v) is 2.82. The molecule has 0 unspecified atom stereocenters. The van der Waals surface area contributed by atoms with Crippen LogP contribution in [-0.2, 0) is 26.4 Å². The van der Waals surface area contributed by atoms with Crippen LogP contribution in [0.4, 0.5) is 4.79 Å². The van der Waals surface area contributed by atoms with Crippen LogP contribution in [0.25, 0.3) is 0 Å². The lowest BCUT2D eigenvalue weighted by atomic mass is 9.94. The van der Waals surface area contributed by atoms with Crippen molar-refractivity contribution >= 4 is 12.0 Å². The molecule has 0 radical (unpaired) electrons. The molecule has 0 bridgehead atoms. The van der Waals surface area contributed by atoms with Crippen molar-refractivity contribution in [3.05, 3.63) is 71.8 Å². The van der Waals surface area contributed by atoms with E-state index in [1.54, 1.807) is 20.8 Å². The van der Waals surface area contributed by atoms with E-state index in [0.717, 1.165) is 11.1 Å². The highest BCUT2D eigenvalue weighted by Gasteiger charge is 2.29. The van der Waals surface area contributed by atoms with Gasteiger partial charge in [-0.3, -0.25) is 4.79 Å². The summed E-state index contributed by atoms with van der Waals surface area (Å²) >= 11 is 0. The van der Waals surface area contributed by atoms with Crippen molar-refractivity contribution in [2.75, 3.05) is 6.61 Å². The summed E-state index contributed by atoms with van der Waals surface area (Å²) in [6.45, 7) is 9.49. The number of amides is 2. The van der Waals surface area contributed by atoms with Crippen LogP contribution in [0, 0.1) is 0 Å². The van der Waals surface area contributed by atoms with Crippen molar-refractivity contribution in [1.29, 1.82) is 0 Å². The molecular formula is C24H32N2O4. The molecule has 1 atom stereocenters. The monoisotopic (exact) mass is 412 g/mol. The lowest BCUT2D eigenvalue weighted by Gasteiger charge is -2.30. The van der Waals surface area contributed by atoms with Crippen molar-refractivity contribution in [1.82, 2.24) is 10.6 Å². The predicted molar refractivity (Wildman–Crippen MR) is 117 cm³/mol. The van der Waals surface area contributed by atoms with E-state index in [1.165, 1.54) is 0 Å². The van der Waals surface area contributed by atoms with Crippen molar-refractivity contribution in [3.63, 3.8) is 0 Å². The third-order valence-corrected chi connectivity index (χ3v) is 4.33. The van der Waals surface area contributed by atoms with Gasteiger partial charge in [-0.2, -0.15) is 0 Å². The van der Waals surface area contributed by atoms with Crippen LogP contribution >= 0.6 is 0 Å². The summed E-state index contributed by atoms with van der Waals surface area (Å²) in [6, 6.07) is 18.4. The zero-order valence-corrected chi connectivity index (χ0v) is 18.4. The van der Waals surface area contributed by atoms with E-state index in [-0.39, 0.29) is 12.5 Å². The molecule has 0 spiro atoms. The Balaban J connectivity index is 2.06. The molecule has 2 aromatic carbocycles. The second-order valence-electron chi connectivity index (χ2n) is 8.68. The lowest BCUT2D eigenvalue weighted by molar-refractivity contribution is -0.126. The molecule has 0 aliphatic carbocycles. The van der Waals surface area contributed by atoms with E-state index >= 15 is 0 Å². The van der Waals surface area contributed by atoms with E-state index in [0.29, 0.717) is 6.61 Å². The molecule has 2 amide bonds. The Bertz CT molecular complexity index is 814. The van der Waals surface area contributed by atoms with Gasteiger partial charge in [0.1, 0.15) is 11.6 Å². The second-order valence-corrected chi connectivity index (χ2v) is 8.68. The normalized spacial score (nSPS) is 12.7. The van der Waals surface area contributed by atoms with Gasteiger partial charge in [-0.1, -0.05) is 60.7 Å². The van der Waals surface area contributed by atoms with Gasteiger partial charge in [-0.15, -0.1) is 0 Å². The van der Waals surface area contributed by atoms with Crippen molar-refractivity contribution < 1.29 is 19.1 Å². The molecule has 2 N–H and O–H groups in total. The number of carbonyl (C=O) groups excluding carboxylic acids is 2. The van der Waals surface area contributed by atoms with Crippen LogP contribution in [-0.4, -0.2) is 30.3 Å². The first-order chi connectivity index (χ1) is 14.1. The summed E-state index contributed by atoms with van der Waals surface area (Å²) in [5.74, 6) is -0.345. The van der Waals surface area contributed by atoms with E-state index in [1.807, 2.05) is 74.5 Å². The summed E-state index contributed by atoms with van der Waals surface area (Å²) in [5, 5.41) is 5.64. The topological polar surface area (TPSA) is 76.7 Å². The molecule has 0 fully saturated rings. The summed E-state index contributed by atoms with van der Waals surface area (Å²) in [6.07, 6.45) is -0.663. The number of hydrogen-bond donors (Lipinski definition) is 2. The van der Waals surface area contributed by atoms with Crippen LogP contribution in [0.5, 0.6) is 0 Å². The Morgan fingerprint density at radius 2 is 1.47 bits per heavy atom. The number of alkyl carbamates (subject to hydrolysis) is 1. The summed E-state index contributed by atoms with van der Waals surface area (Å²) < 4.78 is 11.0. The maximum absolute atomic E-state index is 13.0. The third-order valence-electron chi connectivity index (χ3n) is 4.33. The maximum atomic E-state index is 13.0. The van der Waals surface area contributed by atoms with E-state index in [2.05, 4.69) is 10.6 Å². The number of rotatable bonds is 8. The zero-order valence-electron chi connectivity index (χ0n) is 18.4. The quantitative estimate of drug-likeness (QED) is 0.683. The largest absolute Gasteiger partial charge is 0.444 e. The van der Waals surface area contributed by atoms with Crippen LogP contribution in [0.15, 0.2) is 60.7 Å². The van der Waals surface area contributed by atoms with Gasteiger partial charge in [-0.25, -0.2) is 4.79 Å². The molecule has 2 rings (SSSR count). The highest BCUT2D eigenvalue weighted by molar-refractivity contribution is 5.86. The predicted octanol–water partition coefficient (Wildman–Crippen LogP) is 4.15. The molecule has 0 aliphatic rings. The average Bonchev–Trinajstić information content (AvgIpc) is 2.67. The number of benzene rings is 2. The van der Waals surface area contributed by atoms with E-state index in [9.17, 15) is 9.59 Å². The van der Waals surface area contributed by atoms with E-state index in [4.69, 9.17) is 9.47 Å². The van der Waals surface area contributed by atoms with Crippen LogP contribution < -0.4 is 10.6 Å². The lowest BCUT2D eigenvalue weighted by Crippen LogP contribution is -2.54. The molecule has 0 aromatic heterocycles. The Hall–Kier alpha value is -2.86. The Morgan fingerprint density at radius 1 is 0.900 bits per heavy atom. The third kappa shape index (κ3) is 7.87. The van der Waals surface area contributed by atoms with Crippen molar-refractivity contribution in [2.45, 2.75) is 58.4 Å². The summed E-state index contributed by atoms with van der Waals surface area (Å²) in [4.78, 5) is 25.3. The van der Waals surface area contributed by atoms with Gasteiger partial charge in [0, 0.05) is 0 Å². The zero-order chi connectivity index (χ0) is 22.2. The van der Waals surface area contributed by atoms with Crippen LogP contribution in [0.2, 0.25) is 0 Å². The minimum absolute atomic E-state index is 0.0187. The molecular weight excluding hydrogens is 380 g/mol. The first-order valence-electron chi connectivity index (χ1n) is 10.1. The first kappa shape index (κ1) is 23.4. The summed E-state index contributed by atoms with van der Waals surface area (Å²) in [5.41, 5.74) is 0.656. The number of carbonyl (C=O) groups is 2. The Kier molecular flexibility index (Phi) is 8.00. The van der Waals surface area contributed by atoms with Crippen LogP contribution in [0.3, 0.4) is 0 Å². The molecule has 30 heavy (non-hydrogen) atoms. The van der Waals surface area contributed by atoms with Crippen LogP contribution in [0.1, 0.15) is 45.7 Å². The average molecular weight is 413 g/mol. The van der Waals surface area contributed by atoms with Crippen molar-refractivity contribution in [2.24, 2.45) is 0 Å². The SMILES string of the molecule is CC(C)(C)OC(=O)N[C@@H](COCc1ccccc1)C(=O)NC(C)(C)c1ccccc1. The van der Waals surface area contributed by atoms with Gasteiger partial charge < -0.3 is 20.1 Å². The molecule has 162 valence electrons. The van der Waals surface area contributed by atoms with Gasteiger partial charge in [0.15, 0.2) is 0 Å². The Morgan fingerprint density at radius 3 is 2.03 bits per heavy atom. The minimum Gasteiger partial charge on any atom is -0.444 e. The summed E-state index contributed by atoms with van der Waals surface area (Å²) in [7, 11) is 0. The Labute approximate surface area is 179 Å². The minimum atomic E-state index is -0.897. The van der Waals surface area contributed by atoms with Gasteiger partial charge in [0.25, 0.3) is 0 Å². The van der Waals surface area contributed by atoms with E-state index < -0.39 is 23.3 Å². The van der Waals surface area contributed by atoms with Crippen molar-refractivity contribution in [3.8, 4) is 0 Å². The fraction of sp³-hybridized carbons (Fsp3) is 0.417. The molecule has 2 aromatic rings. The smallest absolute Gasteiger partial charge is 0.408 e. The second kappa shape index (κ2) is 10.3. The van der Waals surface area contributed by atoms with Gasteiger partial charge in [-0.05, 0) is 45.7 Å². The molecule has 0 saturated heterocycles. The highest BCUT2D eigenvalue weighted by atomic mass is 16.6. The molecule has 0 aliphatic heterocycles. The fourth-order valence-electron chi connectivity index (χ4n) is 2.82. The van der Waals surface area contributed by atoms with Gasteiger partial charge >= 0.3 is 6.09 Å². The molecule has 0 saturated carbocycles. The number of hydrogen-bond acceptors (Lipinski definition) is 4. The van der Waals surface area contributed by atoms with Gasteiger partial charge in [0.05, 0.1) is 18.8 Å². The highest BCUT2D eigenvalue weighted by Crippen LogP contribution is 2.19. The number of ether oxygens (including phenoxy) is 2. The van der Waals surface area contributed by atoms with Gasteiger partial charge in [0.2, 0.25) is 5.91 Å².